The molecule has 4 rings (SSSR count). The lowest BCUT2D eigenvalue weighted by molar-refractivity contribution is -0.884. The van der Waals surface area contributed by atoms with Crippen LogP contribution in [0.2, 0.25) is 0 Å². The highest BCUT2D eigenvalue weighted by Gasteiger charge is 2.15. The molecule has 0 amide bonds. The van der Waals surface area contributed by atoms with Crippen LogP contribution < -0.4 is 15.0 Å². The van der Waals surface area contributed by atoms with Crippen molar-refractivity contribution in [1.29, 1.82) is 0 Å². The molecule has 1 aliphatic rings. The Kier molecular flexibility index (Phi) is 4.81. The molecule has 0 aliphatic carbocycles. The number of halogens is 1. The second kappa shape index (κ2) is 7.40. The molecule has 1 aromatic heterocycles. The van der Waals surface area contributed by atoms with Gasteiger partial charge in [0.25, 0.3) is 0 Å². The molecule has 6 heteroatoms. The van der Waals surface area contributed by atoms with Crippen molar-refractivity contribution in [2.75, 3.05) is 40.3 Å². The summed E-state index contributed by atoms with van der Waals surface area (Å²) in [4.78, 5) is 1.50. The van der Waals surface area contributed by atoms with E-state index < -0.39 is 0 Å². The van der Waals surface area contributed by atoms with Crippen molar-refractivity contribution in [2.24, 2.45) is 5.10 Å². The average molecular weight is 368 g/mol. The summed E-state index contributed by atoms with van der Waals surface area (Å²) in [6, 6.07) is 14.1. The number of fused-ring (bicyclic) bond motifs is 1. The minimum absolute atomic E-state index is 0.297. The minimum Gasteiger partial charge on any atom is -0.497 e. The van der Waals surface area contributed by atoms with Crippen LogP contribution in [0.5, 0.6) is 5.75 Å². The summed E-state index contributed by atoms with van der Waals surface area (Å²) in [6.45, 7) is 3.84. The third-order valence-corrected chi connectivity index (χ3v) is 4.92. The molecule has 2 aromatic carbocycles. The Hall–Kier alpha value is -2.86. The lowest BCUT2D eigenvalue weighted by Crippen LogP contribution is -3.11. The fourth-order valence-electron chi connectivity index (χ4n) is 3.25. The quantitative estimate of drug-likeness (QED) is 0.768. The van der Waals surface area contributed by atoms with Gasteiger partial charge in [0.05, 0.1) is 45.7 Å². The van der Waals surface area contributed by atoms with E-state index in [1.165, 1.54) is 17.0 Å². The highest BCUT2D eigenvalue weighted by atomic mass is 19.1. The van der Waals surface area contributed by atoms with Gasteiger partial charge < -0.3 is 14.1 Å². The maximum absolute atomic E-state index is 13.8. The number of quaternary nitrogens is 1. The number of likely N-dealkylation sites (N-methyl/N-ethyl adjacent to an activating group) is 1. The van der Waals surface area contributed by atoms with Crippen LogP contribution in [0.15, 0.2) is 58.0 Å². The predicted molar refractivity (Wildman–Crippen MR) is 102 cm³/mol. The SMILES string of the molecule is COc1ccc(-c2cc(=NN3CC[NH+](C)CC3)c3cc(F)ccc3o2)cc1. The van der Waals surface area contributed by atoms with Crippen LogP contribution in [0, 0.1) is 5.82 Å². The predicted octanol–water partition coefficient (Wildman–Crippen LogP) is 1.89. The Labute approximate surface area is 157 Å². The second-order valence-corrected chi connectivity index (χ2v) is 6.88. The molecule has 1 fully saturated rings. The third-order valence-electron chi connectivity index (χ3n) is 4.92. The average Bonchev–Trinajstić information content (AvgIpc) is 2.70. The molecular formula is C21H23FN3O2+. The third kappa shape index (κ3) is 3.80. The van der Waals surface area contributed by atoms with Crippen molar-refractivity contribution in [1.82, 2.24) is 5.01 Å². The number of hydrogen-bond donors (Lipinski definition) is 1. The van der Waals surface area contributed by atoms with Crippen molar-refractivity contribution in [3.63, 3.8) is 0 Å². The van der Waals surface area contributed by atoms with Crippen LogP contribution in [0.4, 0.5) is 4.39 Å². The van der Waals surface area contributed by atoms with Crippen molar-refractivity contribution in [3.8, 4) is 17.1 Å². The van der Waals surface area contributed by atoms with E-state index in [-0.39, 0.29) is 5.82 Å². The van der Waals surface area contributed by atoms with E-state index in [0.29, 0.717) is 16.7 Å². The number of piperazine rings is 1. The van der Waals surface area contributed by atoms with E-state index in [1.54, 1.807) is 13.2 Å². The van der Waals surface area contributed by atoms with Gasteiger partial charge in [-0.3, -0.25) is 5.01 Å². The van der Waals surface area contributed by atoms with Crippen LogP contribution in [0.25, 0.3) is 22.3 Å². The summed E-state index contributed by atoms with van der Waals surface area (Å²) in [6.07, 6.45) is 0. The lowest BCUT2D eigenvalue weighted by Gasteiger charge is -2.27. The van der Waals surface area contributed by atoms with Gasteiger partial charge in [0, 0.05) is 17.0 Å². The van der Waals surface area contributed by atoms with E-state index >= 15 is 0 Å². The van der Waals surface area contributed by atoms with Crippen LogP contribution in [-0.4, -0.2) is 45.3 Å². The number of nitrogens with one attached hydrogen (secondary N) is 1. The molecule has 0 saturated carbocycles. The molecule has 140 valence electrons. The van der Waals surface area contributed by atoms with Gasteiger partial charge in [-0.05, 0) is 42.5 Å². The van der Waals surface area contributed by atoms with Gasteiger partial charge in [0.15, 0.2) is 0 Å². The minimum atomic E-state index is -0.297. The summed E-state index contributed by atoms with van der Waals surface area (Å²) in [5.74, 6) is 1.18. The molecule has 27 heavy (non-hydrogen) atoms. The van der Waals surface area contributed by atoms with E-state index in [0.717, 1.165) is 42.8 Å². The van der Waals surface area contributed by atoms with Crippen LogP contribution in [0.3, 0.4) is 0 Å². The first-order valence-electron chi connectivity index (χ1n) is 9.11. The number of ether oxygens (including phenoxy) is 1. The summed E-state index contributed by atoms with van der Waals surface area (Å²) < 4.78 is 25.1. The standard InChI is InChI=1S/C21H22FN3O2/c1-24-9-11-25(12-10-24)23-19-14-21(15-3-6-17(26-2)7-4-15)27-20-8-5-16(22)13-18(19)20/h3-8,13-14H,9-12H2,1-2H3/p+1. The van der Waals surface area contributed by atoms with E-state index in [9.17, 15) is 4.39 Å². The van der Waals surface area contributed by atoms with Gasteiger partial charge in [-0.15, -0.1) is 0 Å². The largest absolute Gasteiger partial charge is 0.497 e. The maximum atomic E-state index is 13.8. The van der Waals surface area contributed by atoms with E-state index in [2.05, 4.69) is 12.1 Å². The zero-order chi connectivity index (χ0) is 18.8. The summed E-state index contributed by atoms with van der Waals surface area (Å²) >= 11 is 0. The zero-order valence-electron chi connectivity index (χ0n) is 15.5. The van der Waals surface area contributed by atoms with Gasteiger partial charge in [0.1, 0.15) is 22.9 Å². The summed E-state index contributed by atoms with van der Waals surface area (Å²) in [7, 11) is 3.82. The summed E-state index contributed by atoms with van der Waals surface area (Å²) in [5, 5.41) is 8.27. The van der Waals surface area contributed by atoms with Crippen molar-refractivity contribution in [2.45, 2.75) is 0 Å². The van der Waals surface area contributed by atoms with Crippen LogP contribution >= 0.6 is 0 Å². The van der Waals surface area contributed by atoms with Crippen LogP contribution in [-0.2, 0) is 0 Å². The smallest absolute Gasteiger partial charge is 0.137 e. The molecule has 1 saturated heterocycles. The lowest BCUT2D eigenvalue weighted by atomic mass is 10.1. The van der Waals surface area contributed by atoms with Crippen molar-refractivity contribution >= 4 is 11.0 Å². The molecule has 2 heterocycles. The Morgan fingerprint density at radius 1 is 1.07 bits per heavy atom. The Morgan fingerprint density at radius 2 is 1.81 bits per heavy atom. The molecule has 0 bridgehead atoms. The molecule has 0 atom stereocenters. The highest BCUT2D eigenvalue weighted by molar-refractivity contribution is 5.78. The monoisotopic (exact) mass is 368 g/mol. The first kappa shape index (κ1) is 17.5. The molecular weight excluding hydrogens is 345 g/mol. The molecule has 5 nitrogen and oxygen atoms in total. The Bertz CT molecular complexity index is 1010. The highest BCUT2D eigenvalue weighted by Crippen LogP contribution is 2.24. The van der Waals surface area contributed by atoms with Gasteiger partial charge in [-0.25, -0.2) is 4.39 Å². The molecule has 0 radical (unpaired) electrons. The molecule has 1 aliphatic heterocycles. The van der Waals surface area contributed by atoms with Gasteiger partial charge in [-0.1, -0.05) is 0 Å². The number of nitrogens with zero attached hydrogens (tertiary/aromatic N) is 2. The Balaban J connectivity index is 1.83. The van der Waals surface area contributed by atoms with E-state index in [4.69, 9.17) is 14.3 Å². The number of benzene rings is 2. The fourth-order valence-corrected chi connectivity index (χ4v) is 3.25. The number of hydrogen-bond acceptors (Lipinski definition) is 4. The van der Waals surface area contributed by atoms with Crippen molar-refractivity contribution < 1.29 is 18.4 Å². The van der Waals surface area contributed by atoms with Crippen molar-refractivity contribution in [3.05, 3.63) is 59.7 Å². The normalized spacial score (nSPS) is 16.1. The second-order valence-electron chi connectivity index (χ2n) is 6.88. The summed E-state index contributed by atoms with van der Waals surface area (Å²) in [5.41, 5.74) is 1.53. The Morgan fingerprint density at radius 3 is 2.52 bits per heavy atom. The van der Waals surface area contributed by atoms with E-state index in [1.807, 2.05) is 30.3 Å². The maximum Gasteiger partial charge on any atom is 0.137 e. The fraction of sp³-hybridized carbons (Fsp3) is 0.286. The van der Waals surface area contributed by atoms with Gasteiger partial charge >= 0.3 is 0 Å². The number of methoxy groups -OCH3 is 1. The topological polar surface area (TPSA) is 42.4 Å². The first-order valence-corrected chi connectivity index (χ1v) is 9.11. The van der Waals surface area contributed by atoms with Gasteiger partial charge in [0.2, 0.25) is 0 Å². The van der Waals surface area contributed by atoms with Gasteiger partial charge in [-0.2, -0.15) is 5.10 Å². The van der Waals surface area contributed by atoms with Crippen LogP contribution in [0.1, 0.15) is 0 Å². The molecule has 1 N–H and O–H groups in total. The molecule has 0 spiro atoms. The zero-order valence-corrected chi connectivity index (χ0v) is 15.5. The number of rotatable bonds is 3. The molecule has 0 unspecified atom stereocenters. The first-order chi connectivity index (χ1) is 13.1. The molecule has 3 aromatic rings.